The third kappa shape index (κ3) is 3.80. The molecule has 1 rings (SSSR count). The summed E-state index contributed by atoms with van der Waals surface area (Å²) in [7, 11) is 0. The van der Waals surface area contributed by atoms with Gasteiger partial charge in [0.15, 0.2) is 0 Å². The van der Waals surface area contributed by atoms with Crippen molar-refractivity contribution in [1.29, 1.82) is 5.26 Å². The Morgan fingerprint density at radius 1 is 1.25 bits per heavy atom. The maximum Gasteiger partial charge on any atom is 0.224 e. The Morgan fingerprint density at radius 3 is 2.38 bits per heavy atom. The molecule has 5 heteroatoms. The Morgan fingerprint density at radius 2 is 1.88 bits per heavy atom. The maximum atomic E-state index is 11.2. The average molecular weight is 217 g/mol. The fourth-order valence-corrected chi connectivity index (χ4v) is 1.07. The average Bonchev–Trinajstić information content (AvgIpc) is 2.27. The number of aliphatic carboxylic acids is 1. The van der Waals surface area contributed by atoms with Crippen LogP contribution in [-0.4, -0.2) is 11.9 Å². The summed E-state index contributed by atoms with van der Waals surface area (Å²) >= 11 is 0. The van der Waals surface area contributed by atoms with E-state index in [1.165, 1.54) is 0 Å². The number of nitrogens with zero attached hydrogens (tertiary/aromatic N) is 1. The molecule has 0 unspecified atom stereocenters. The topological polar surface area (TPSA) is 93.0 Å². The molecule has 0 bridgehead atoms. The summed E-state index contributed by atoms with van der Waals surface area (Å²) in [5, 5.41) is 21.2. The number of carbonyl (C=O) groups excluding carboxylic acids is 2. The molecule has 1 N–H and O–H groups in total. The lowest BCUT2D eigenvalue weighted by Crippen LogP contribution is -2.24. The first-order valence-corrected chi connectivity index (χ1v) is 4.61. The molecule has 82 valence electrons. The molecule has 1 amide bonds. The summed E-state index contributed by atoms with van der Waals surface area (Å²) < 4.78 is 0. The van der Waals surface area contributed by atoms with Gasteiger partial charge in [0.2, 0.25) is 5.91 Å². The van der Waals surface area contributed by atoms with Crippen LogP contribution in [0.15, 0.2) is 24.3 Å². The number of carboxylic acids is 1. The molecule has 1 aromatic rings. The lowest BCUT2D eigenvalue weighted by atomic mass is 10.2. The summed E-state index contributed by atoms with van der Waals surface area (Å²) in [6, 6.07) is 8.23. The van der Waals surface area contributed by atoms with Crippen molar-refractivity contribution >= 4 is 17.6 Å². The van der Waals surface area contributed by atoms with Crippen molar-refractivity contribution in [3.05, 3.63) is 29.8 Å². The van der Waals surface area contributed by atoms with E-state index in [0.717, 1.165) is 0 Å². The van der Waals surface area contributed by atoms with Crippen LogP contribution in [0.1, 0.15) is 18.4 Å². The highest BCUT2D eigenvalue weighted by atomic mass is 16.4. The molecule has 0 atom stereocenters. The second-order valence-electron chi connectivity index (χ2n) is 3.11. The molecule has 0 heterocycles. The zero-order valence-electron chi connectivity index (χ0n) is 8.40. The van der Waals surface area contributed by atoms with E-state index in [4.69, 9.17) is 5.26 Å². The van der Waals surface area contributed by atoms with Gasteiger partial charge in [0, 0.05) is 18.1 Å². The van der Waals surface area contributed by atoms with Crippen LogP contribution < -0.4 is 10.4 Å². The number of nitrogens with one attached hydrogen (secondary N) is 1. The molecule has 0 spiro atoms. The van der Waals surface area contributed by atoms with Gasteiger partial charge >= 0.3 is 0 Å². The summed E-state index contributed by atoms with van der Waals surface area (Å²) in [4.78, 5) is 21.3. The van der Waals surface area contributed by atoms with Crippen LogP contribution in [0, 0.1) is 11.3 Å². The zero-order chi connectivity index (χ0) is 12.0. The molecular formula is C11H9N2O3-. The molecule has 5 nitrogen and oxygen atoms in total. The van der Waals surface area contributed by atoms with E-state index in [0.29, 0.717) is 11.3 Å². The molecule has 0 fully saturated rings. The number of anilines is 1. The molecule has 0 saturated carbocycles. The molecule has 16 heavy (non-hydrogen) atoms. The second-order valence-corrected chi connectivity index (χ2v) is 3.11. The minimum absolute atomic E-state index is 0.123. The standard InChI is InChI=1S/C11H10N2O3/c12-7-8-1-3-9(4-2-8)13-10(14)5-6-11(15)16/h1-4H,5-6H2,(H,13,14)(H,15,16)/p-1. The van der Waals surface area contributed by atoms with Gasteiger partial charge < -0.3 is 15.2 Å². The van der Waals surface area contributed by atoms with E-state index < -0.39 is 11.9 Å². The lowest BCUT2D eigenvalue weighted by molar-refractivity contribution is -0.305. The normalized spacial score (nSPS) is 9.19. The largest absolute Gasteiger partial charge is 0.550 e. The summed E-state index contributed by atoms with van der Waals surface area (Å²) in [6.07, 6.45) is -0.426. The van der Waals surface area contributed by atoms with Gasteiger partial charge in [-0.05, 0) is 30.7 Å². The number of carboxylic acid groups (broad SMARTS) is 1. The van der Waals surface area contributed by atoms with E-state index in [1.54, 1.807) is 24.3 Å². The SMILES string of the molecule is N#Cc1ccc(NC(=O)CCC(=O)[O-])cc1. The maximum absolute atomic E-state index is 11.2. The van der Waals surface area contributed by atoms with E-state index in [-0.39, 0.29) is 12.8 Å². The molecule has 0 aliphatic heterocycles. The molecule has 0 aliphatic carbocycles. The van der Waals surface area contributed by atoms with Crippen molar-refractivity contribution in [2.24, 2.45) is 0 Å². The smallest absolute Gasteiger partial charge is 0.224 e. The first-order valence-electron chi connectivity index (χ1n) is 4.61. The molecule has 0 aromatic heterocycles. The minimum Gasteiger partial charge on any atom is -0.550 e. The molecule has 0 aliphatic rings. The van der Waals surface area contributed by atoms with Gasteiger partial charge in [0.1, 0.15) is 0 Å². The van der Waals surface area contributed by atoms with Crippen LogP contribution in [0.2, 0.25) is 0 Å². The van der Waals surface area contributed by atoms with Crippen molar-refractivity contribution in [2.45, 2.75) is 12.8 Å². The number of hydrogen-bond acceptors (Lipinski definition) is 4. The minimum atomic E-state index is -1.25. The van der Waals surface area contributed by atoms with Crippen LogP contribution in [0.3, 0.4) is 0 Å². The van der Waals surface area contributed by atoms with E-state index in [2.05, 4.69) is 5.32 Å². The quantitative estimate of drug-likeness (QED) is 0.769. The van der Waals surface area contributed by atoms with Crippen LogP contribution in [0.25, 0.3) is 0 Å². The van der Waals surface area contributed by atoms with Crippen LogP contribution in [-0.2, 0) is 9.59 Å². The Kier molecular flexibility index (Phi) is 4.04. The summed E-state index contributed by atoms with van der Waals surface area (Å²) in [5.41, 5.74) is 1.02. The third-order valence-electron chi connectivity index (χ3n) is 1.85. The molecular weight excluding hydrogens is 208 g/mol. The van der Waals surface area contributed by atoms with Gasteiger partial charge in [-0.2, -0.15) is 5.26 Å². The number of benzene rings is 1. The van der Waals surface area contributed by atoms with Crippen LogP contribution in [0.4, 0.5) is 5.69 Å². The fraction of sp³-hybridized carbons (Fsp3) is 0.182. The van der Waals surface area contributed by atoms with E-state index in [1.807, 2.05) is 6.07 Å². The van der Waals surface area contributed by atoms with Crippen molar-refractivity contribution in [3.63, 3.8) is 0 Å². The molecule has 0 radical (unpaired) electrons. The highest BCUT2D eigenvalue weighted by Crippen LogP contribution is 2.09. The van der Waals surface area contributed by atoms with Crippen molar-refractivity contribution < 1.29 is 14.7 Å². The highest BCUT2D eigenvalue weighted by molar-refractivity contribution is 5.92. The molecule has 1 aromatic carbocycles. The first kappa shape index (κ1) is 11.7. The highest BCUT2D eigenvalue weighted by Gasteiger charge is 2.02. The predicted molar refractivity (Wildman–Crippen MR) is 54.0 cm³/mol. The Labute approximate surface area is 92.3 Å². The number of carbonyl (C=O) groups is 2. The fourth-order valence-electron chi connectivity index (χ4n) is 1.07. The lowest BCUT2D eigenvalue weighted by Gasteiger charge is -2.05. The van der Waals surface area contributed by atoms with E-state index >= 15 is 0 Å². The van der Waals surface area contributed by atoms with Crippen LogP contribution in [0.5, 0.6) is 0 Å². The Balaban J connectivity index is 2.50. The van der Waals surface area contributed by atoms with Gasteiger partial charge in [0.25, 0.3) is 0 Å². The van der Waals surface area contributed by atoms with Crippen molar-refractivity contribution in [1.82, 2.24) is 0 Å². The zero-order valence-corrected chi connectivity index (χ0v) is 8.40. The van der Waals surface area contributed by atoms with Crippen LogP contribution >= 0.6 is 0 Å². The second kappa shape index (κ2) is 5.51. The van der Waals surface area contributed by atoms with Crippen molar-refractivity contribution in [2.75, 3.05) is 5.32 Å². The number of nitriles is 1. The summed E-state index contributed by atoms with van der Waals surface area (Å²) in [5.74, 6) is -1.65. The van der Waals surface area contributed by atoms with Gasteiger partial charge in [-0.15, -0.1) is 0 Å². The monoisotopic (exact) mass is 217 g/mol. The number of amides is 1. The predicted octanol–water partition coefficient (Wildman–Crippen LogP) is 0.0269. The molecule has 0 saturated heterocycles. The third-order valence-corrected chi connectivity index (χ3v) is 1.85. The van der Waals surface area contributed by atoms with Gasteiger partial charge in [-0.3, -0.25) is 4.79 Å². The van der Waals surface area contributed by atoms with Crippen molar-refractivity contribution in [3.8, 4) is 6.07 Å². The first-order chi connectivity index (χ1) is 7.61. The van der Waals surface area contributed by atoms with Gasteiger partial charge in [0.05, 0.1) is 11.6 Å². The number of rotatable bonds is 4. The number of hydrogen-bond donors (Lipinski definition) is 1. The van der Waals surface area contributed by atoms with Gasteiger partial charge in [-0.25, -0.2) is 0 Å². The Bertz CT molecular complexity index is 432. The van der Waals surface area contributed by atoms with E-state index in [9.17, 15) is 14.7 Å². The van der Waals surface area contributed by atoms with Gasteiger partial charge in [-0.1, -0.05) is 0 Å². The summed E-state index contributed by atoms with van der Waals surface area (Å²) in [6.45, 7) is 0. The Hall–Kier alpha value is -2.35.